The van der Waals surface area contributed by atoms with Crippen LogP contribution in [-0.2, 0) is 13.1 Å². The van der Waals surface area contributed by atoms with Gasteiger partial charge in [0.05, 0.1) is 36.6 Å². The van der Waals surface area contributed by atoms with Crippen molar-refractivity contribution in [3.05, 3.63) is 71.2 Å². The number of primary amides is 1. The van der Waals surface area contributed by atoms with Crippen molar-refractivity contribution in [3.63, 3.8) is 0 Å². The summed E-state index contributed by atoms with van der Waals surface area (Å²) in [4.78, 5) is 16.5. The number of carbonyl (C=O) groups excluding carboxylic acids is 1. The zero-order valence-corrected chi connectivity index (χ0v) is 20.4. The third kappa shape index (κ3) is 3.78. The molecule has 0 radical (unpaired) electrons. The molecule has 5 aromatic rings. The molecule has 0 atom stereocenters. The number of amides is 1. The predicted molar refractivity (Wildman–Crippen MR) is 131 cm³/mol. The molecule has 0 unspecified atom stereocenters. The predicted octanol–water partition coefficient (Wildman–Crippen LogP) is 3.39. The lowest BCUT2D eigenvalue weighted by Crippen LogP contribution is -2.13. The van der Waals surface area contributed by atoms with Crippen molar-refractivity contribution in [2.75, 3.05) is 7.11 Å². The molecule has 4 heterocycles. The molecule has 4 aromatic heterocycles. The van der Waals surface area contributed by atoms with Gasteiger partial charge in [0, 0.05) is 18.3 Å². The summed E-state index contributed by atoms with van der Waals surface area (Å²) in [7, 11) is 1.60. The highest BCUT2D eigenvalue weighted by molar-refractivity contribution is 5.95. The molecule has 0 saturated heterocycles. The minimum absolute atomic E-state index is 0.244. The fourth-order valence-electron chi connectivity index (χ4n) is 4.28. The van der Waals surface area contributed by atoms with E-state index >= 15 is 4.39 Å². The zero-order valence-electron chi connectivity index (χ0n) is 20.4. The first-order valence-corrected chi connectivity index (χ1v) is 11.4. The highest BCUT2D eigenvalue weighted by Crippen LogP contribution is 2.32. The maximum Gasteiger partial charge on any atom is 0.250 e. The third-order valence-electron chi connectivity index (χ3n) is 6.17. The van der Waals surface area contributed by atoms with E-state index in [1.54, 1.807) is 41.6 Å². The quantitative estimate of drug-likeness (QED) is 0.375. The first-order chi connectivity index (χ1) is 17.3. The zero-order chi connectivity index (χ0) is 25.6. The Balaban J connectivity index is 1.78. The van der Waals surface area contributed by atoms with Crippen molar-refractivity contribution < 1.29 is 13.9 Å². The number of hydrogen-bond acceptors (Lipinski definition) is 6. The van der Waals surface area contributed by atoms with E-state index in [1.165, 1.54) is 0 Å². The summed E-state index contributed by atoms with van der Waals surface area (Å²) in [5.41, 5.74) is 8.67. The molecule has 36 heavy (non-hydrogen) atoms. The Labute approximate surface area is 206 Å². The lowest BCUT2D eigenvalue weighted by Gasteiger charge is -2.13. The number of aryl methyl sites for hydroxylation is 3. The van der Waals surface area contributed by atoms with E-state index in [1.807, 2.05) is 42.7 Å². The Morgan fingerprint density at radius 1 is 1.14 bits per heavy atom. The van der Waals surface area contributed by atoms with Gasteiger partial charge in [-0.05, 0) is 44.5 Å². The lowest BCUT2D eigenvalue weighted by molar-refractivity contribution is 0.1000. The van der Waals surface area contributed by atoms with Gasteiger partial charge >= 0.3 is 0 Å². The Morgan fingerprint density at radius 3 is 2.53 bits per heavy atom. The number of aromatic nitrogens is 7. The van der Waals surface area contributed by atoms with Crippen molar-refractivity contribution in [2.24, 2.45) is 5.73 Å². The van der Waals surface area contributed by atoms with Crippen LogP contribution in [0.2, 0.25) is 0 Å². The monoisotopic (exact) mass is 488 g/mol. The summed E-state index contributed by atoms with van der Waals surface area (Å²) >= 11 is 0. The Kier molecular flexibility index (Phi) is 5.75. The van der Waals surface area contributed by atoms with Crippen LogP contribution in [-0.4, -0.2) is 46.9 Å². The molecule has 1 aromatic carbocycles. The fourth-order valence-corrected chi connectivity index (χ4v) is 4.28. The van der Waals surface area contributed by atoms with Crippen molar-refractivity contribution in [2.45, 2.75) is 33.9 Å². The SMILES string of the molecule is CCn1nc(C)c(F)c1-c1nnc(-c2cc(C(N)=O)cn3c(C)ncc23)n1Cc1ccc(OC)cc1. The van der Waals surface area contributed by atoms with E-state index < -0.39 is 11.7 Å². The van der Waals surface area contributed by atoms with Crippen LogP contribution in [0.15, 0.2) is 42.7 Å². The summed E-state index contributed by atoms with van der Waals surface area (Å²) in [5, 5.41) is 13.2. The molecule has 1 amide bonds. The smallest absolute Gasteiger partial charge is 0.250 e. The van der Waals surface area contributed by atoms with Gasteiger partial charge in [-0.25, -0.2) is 9.37 Å². The molecule has 0 spiro atoms. The third-order valence-corrected chi connectivity index (χ3v) is 6.17. The highest BCUT2D eigenvalue weighted by atomic mass is 19.1. The summed E-state index contributed by atoms with van der Waals surface area (Å²) in [6.45, 7) is 6.11. The van der Waals surface area contributed by atoms with E-state index in [0.29, 0.717) is 47.2 Å². The van der Waals surface area contributed by atoms with Crippen LogP contribution in [0.25, 0.3) is 28.4 Å². The summed E-state index contributed by atoms with van der Waals surface area (Å²) in [6.07, 6.45) is 3.34. The first kappa shape index (κ1) is 23.2. The number of carbonyl (C=O) groups is 1. The van der Waals surface area contributed by atoms with Gasteiger partial charge in [0.15, 0.2) is 17.5 Å². The fraction of sp³-hybridized carbons (Fsp3) is 0.240. The molecule has 10 nitrogen and oxygen atoms in total. The van der Waals surface area contributed by atoms with Crippen LogP contribution < -0.4 is 10.5 Å². The number of fused-ring (bicyclic) bond motifs is 1. The van der Waals surface area contributed by atoms with E-state index in [0.717, 1.165) is 11.3 Å². The molecule has 0 saturated carbocycles. The van der Waals surface area contributed by atoms with E-state index in [9.17, 15) is 4.79 Å². The van der Waals surface area contributed by atoms with Crippen LogP contribution in [0.4, 0.5) is 4.39 Å². The number of nitrogens with zero attached hydrogens (tertiary/aromatic N) is 7. The maximum atomic E-state index is 15.3. The van der Waals surface area contributed by atoms with Gasteiger partial charge in [-0.1, -0.05) is 12.1 Å². The van der Waals surface area contributed by atoms with E-state index in [4.69, 9.17) is 10.5 Å². The minimum atomic E-state index is -0.585. The number of hydrogen-bond donors (Lipinski definition) is 1. The molecule has 11 heteroatoms. The number of ether oxygens (including phenoxy) is 1. The van der Waals surface area contributed by atoms with Crippen molar-refractivity contribution >= 4 is 11.4 Å². The van der Waals surface area contributed by atoms with Gasteiger partial charge in [-0.3, -0.25) is 9.48 Å². The molecular weight excluding hydrogens is 463 g/mol. The molecule has 0 bridgehead atoms. The number of halogens is 1. The van der Waals surface area contributed by atoms with Gasteiger partial charge in [-0.15, -0.1) is 10.2 Å². The van der Waals surface area contributed by atoms with Crippen LogP contribution in [0.3, 0.4) is 0 Å². The van der Waals surface area contributed by atoms with Gasteiger partial charge in [0.2, 0.25) is 5.91 Å². The Morgan fingerprint density at radius 2 is 1.86 bits per heavy atom. The molecule has 5 rings (SSSR count). The number of nitrogens with two attached hydrogens (primary N) is 1. The topological polar surface area (TPSA) is 118 Å². The minimum Gasteiger partial charge on any atom is -0.497 e. The Hall–Kier alpha value is -4.54. The summed E-state index contributed by atoms with van der Waals surface area (Å²) in [5.74, 6) is 1.12. The molecule has 0 aliphatic rings. The molecule has 2 N–H and O–H groups in total. The molecule has 0 aliphatic heterocycles. The number of rotatable bonds is 7. The second kappa shape index (κ2) is 8.91. The number of pyridine rings is 1. The van der Waals surface area contributed by atoms with Crippen LogP contribution in [0.1, 0.15) is 34.4 Å². The first-order valence-electron chi connectivity index (χ1n) is 11.4. The second-order valence-electron chi connectivity index (χ2n) is 8.41. The number of methoxy groups -OCH3 is 1. The highest BCUT2D eigenvalue weighted by Gasteiger charge is 2.26. The second-order valence-corrected chi connectivity index (χ2v) is 8.41. The number of imidazole rings is 1. The van der Waals surface area contributed by atoms with Gasteiger partial charge in [-0.2, -0.15) is 5.10 Å². The van der Waals surface area contributed by atoms with Crippen molar-refractivity contribution in [1.82, 2.24) is 33.9 Å². The van der Waals surface area contributed by atoms with Crippen molar-refractivity contribution in [3.8, 4) is 28.7 Å². The summed E-state index contributed by atoms with van der Waals surface area (Å²) < 4.78 is 25.7. The number of benzene rings is 1. The van der Waals surface area contributed by atoms with Gasteiger partial charge in [0.1, 0.15) is 17.3 Å². The molecule has 0 fully saturated rings. The Bertz CT molecular complexity index is 1600. The molecular formula is C25H25FN8O2. The molecule has 0 aliphatic carbocycles. The van der Waals surface area contributed by atoms with Crippen molar-refractivity contribution in [1.29, 1.82) is 0 Å². The average molecular weight is 489 g/mol. The molecule has 184 valence electrons. The van der Waals surface area contributed by atoms with Gasteiger partial charge < -0.3 is 19.4 Å². The van der Waals surface area contributed by atoms with E-state index in [2.05, 4.69) is 20.3 Å². The summed E-state index contributed by atoms with van der Waals surface area (Å²) in [6, 6.07) is 9.21. The van der Waals surface area contributed by atoms with Crippen LogP contribution in [0, 0.1) is 19.7 Å². The van der Waals surface area contributed by atoms with Crippen LogP contribution >= 0.6 is 0 Å². The average Bonchev–Trinajstić information content (AvgIpc) is 3.54. The van der Waals surface area contributed by atoms with E-state index in [-0.39, 0.29) is 11.4 Å². The van der Waals surface area contributed by atoms with Gasteiger partial charge in [0.25, 0.3) is 0 Å². The largest absolute Gasteiger partial charge is 0.497 e. The van der Waals surface area contributed by atoms with Crippen LogP contribution in [0.5, 0.6) is 5.75 Å². The standard InChI is InChI=1S/C25H25FN8O2/c1-5-34-22(21(26)14(2)31-34)25-30-29-24(33(25)12-16-6-8-18(36-4)9-7-16)19-10-17(23(27)35)13-32-15(3)28-11-20(19)32/h6-11,13H,5,12H2,1-4H3,(H2,27,35). The normalized spacial score (nSPS) is 11.4. The maximum absolute atomic E-state index is 15.3. The lowest BCUT2D eigenvalue weighted by atomic mass is 10.1.